The van der Waals surface area contributed by atoms with Gasteiger partial charge < -0.3 is 10.1 Å². The normalized spacial score (nSPS) is 10.4. The first-order chi connectivity index (χ1) is 6.83. The molecule has 0 aliphatic rings. The first-order valence-electron chi connectivity index (χ1n) is 4.89. The molecule has 14 heavy (non-hydrogen) atoms. The number of hydrogen-bond donors (Lipinski definition) is 1. The molecule has 0 saturated heterocycles. The molecule has 0 unspecified atom stereocenters. The van der Waals surface area contributed by atoms with Gasteiger partial charge in [0, 0.05) is 32.1 Å². The topological polar surface area (TPSA) is 47.0 Å². The molecule has 0 aromatic carbocycles. The van der Waals surface area contributed by atoms with E-state index in [0.29, 0.717) is 0 Å². The van der Waals surface area contributed by atoms with Crippen LogP contribution in [0.3, 0.4) is 0 Å². The van der Waals surface area contributed by atoms with Crippen LogP contribution in [0, 0.1) is 6.92 Å². The predicted octanol–water partition coefficient (Wildman–Crippen LogP) is 0.911. The van der Waals surface area contributed by atoms with E-state index in [1.165, 1.54) is 0 Å². The molecule has 1 N–H and O–H groups in total. The second kappa shape index (κ2) is 6.45. The van der Waals surface area contributed by atoms with Gasteiger partial charge in [0.05, 0.1) is 18.0 Å². The third-order valence-corrected chi connectivity index (χ3v) is 1.77. The quantitative estimate of drug-likeness (QED) is 0.685. The van der Waals surface area contributed by atoms with Crippen molar-refractivity contribution < 1.29 is 4.74 Å². The molecule has 1 aromatic heterocycles. The van der Waals surface area contributed by atoms with E-state index in [1.54, 1.807) is 12.4 Å². The summed E-state index contributed by atoms with van der Waals surface area (Å²) >= 11 is 0. The molecule has 1 rings (SSSR count). The van der Waals surface area contributed by atoms with Crippen molar-refractivity contribution in [3.05, 3.63) is 23.8 Å². The van der Waals surface area contributed by atoms with Crippen molar-refractivity contribution in [2.24, 2.45) is 0 Å². The highest BCUT2D eigenvalue weighted by Crippen LogP contribution is 1.92. The van der Waals surface area contributed by atoms with Crippen LogP contribution in [0.5, 0.6) is 0 Å². The van der Waals surface area contributed by atoms with Crippen LogP contribution in [0.15, 0.2) is 12.4 Å². The summed E-state index contributed by atoms with van der Waals surface area (Å²) < 4.78 is 5.19. The lowest BCUT2D eigenvalue weighted by Gasteiger charge is -2.03. The lowest BCUT2D eigenvalue weighted by Crippen LogP contribution is -2.19. The first kappa shape index (κ1) is 11.1. The minimum atomic E-state index is 0.746. The van der Waals surface area contributed by atoms with Gasteiger partial charge in [-0.25, -0.2) is 0 Å². The second-order valence-corrected chi connectivity index (χ2v) is 3.02. The van der Waals surface area contributed by atoms with Gasteiger partial charge in [0.1, 0.15) is 0 Å². The molecule has 1 heterocycles. The third kappa shape index (κ3) is 4.30. The van der Waals surface area contributed by atoms with E-state index < -0.39 is 0 Å². The summed E-state index contributed by atoms with van der Waals surface area (Å²) in [6.45, 7) is 7.04. The Morgan fingerprint density at radius 1 is 1.36 bits per heavy atom. The van der Waals surface area contributed by atoms with Crippen LogP contribution in [-0.4, -0.2) is 29.7 Å². The summed E-state index contributed by atoms with van der Waals surface area (Å²) in [5.74, 6) is 0. The number of nitrogens with one attached hydrogen (secondary N) is 1. The van der Waals surface area contributed by atoms with Crippen LogP contribution in [0.1, 0.15) is 18.3 Å². The van der Waals surface area contributed by atoms with Crippen molar-refractivity contribution in [3.63, 3.8) is 0 Å². The zero-order valence-corrected chi connectivity index (χ0v) is 8.79. The zero-order valence-electron chi connectivity index (χ0n) is 8.79. The van der Waals surface area contributed by atoms with Gasteiger partial charge >= 0.3 is 0 Å². The van der Waals surface area contributed by atoms with E-state index in [2.05, 4.69) is 15.3 Å². The van der Waals surface area contributed by atoms with Crippen molar-refractivity contribution in [2.75, 3.05) is 19.8 Å². The Labute approximate surface area is 84.7 Å². The van der Waals surface area contributed by atoms with Crippen LogP contribution in [0.25, 0.3) is 0 Å². The highest BCUT2D eigenvalue weighted by molar-refractivity contribution is 4.99. The van der Waals surface area contributed by atoms with Gasteiger partial charge in [0.15, 0.2) is 0 Å². The highest BCUT2D eigenvalue weighted by Gasteiger charge is 1.93. The Hall–Kier alpha value is -1.00. The standard InChI is InChI=1S/C10H17N3O/c1-3-14-5-4-11-7-10-8-12-9(2)6-13-10/h6,8,11H,3-5,7H2,1-2H3. The van der Waals surface area contributed by atoms with Crippen LogP contribution in [-0.2, 0) is 11.3 Å². The molecule has 0 spiro atoms. The van der Waals surface area contributed by atoms with Gasteiger partial charge in [-0.3, -0.25) is 9.97 Å². The van der Waals surface area contributed by atoms with Crippen LogP contribution >= 0.6 is 0 Å². The fourth-order valence-electron chi connectivity index (χ4n) is 1.02. The maximum atomic E-state index is 5.19. The predicted molar refractivity (Wildman–Crippen MR) is 55.0 cm³/mol. The smallest absolute Gasteiger partial charge is 0.0724 e. The fourth-order valence-corrected chi connectivity index (χ4v) is 1.02. The molecule has 0 fully saturated rings. The van der Waals surface area contributed by atoms with Crippen molar-refractivity contribution in [1.29, 1.82) is 0 Å². The molecular weight excluding hydrogens is 178 g/mol. The van der Waals surface area contributed by atoms with Gasteiger partial charge in [0.25, 0.3) is 0 Å². The molecule has 0 aliphatic heterocycles. The van der Waals surface area contributed by atoms with Crippen LogP contribution in [0.4, 0.5) is 0 Å². The minimum Gasteiger partial charge on any atom is -0.380 e. The summed E-state index contributed by atoms with van der Waals surface area (Å²) in [5, 5.41) is 3.23. The Morgan fingerprint density at radius 2 is 2.21 bits per heavy atom. The van der Waals surface area contributed by atoms with Gasteiger partial charge in [0.2, 0.25) is 0 Å². The molecule has 4 nitrogen and oxygen atoms in total. The molecule has 0 radical (unpaired) electrons. The molecule has 0 amide bonds. The zero-order chi connectivity index (χ0) is 10.2. The monoisotopic (exact) mass is 195 g/mol. The number of hydrogen-bond acceptors (Lipinski definition) is 4. The van der Waals surface area contributed by atoms with Gasteiger partial charge in [-0.2, -0.15) is 0 Å². The Bertz CT molecular complexity index is 248. The Morgan fingerprint density at radius 3 is 2.86 bits per heavy atom. The van der Waals surface area contributed by atoms with Crippen molar-refractivity contribution in [1.82, 2.24) is 15.3 Å². The molecule has 1 aromatic rings. The lowest BCUT2D eigenvalue weighted by molar-refractivity contribution is 0.149. The van der Waals surface area contributed by atoms with Crippen LogP contribution in [0.2, 0.25) is 0 Å². The second-order valence-electron chi connectivity index (χ2n) is 3.02. The number of rotatable bonds is 6. The summed E-state index contributed by atoms with van der Waals surface area (Å²) in [7, 11) is 0. The number of ether oxygens (including phenoxy) is 1. The highest BCUT2D eigenvalue weighted by atomic mass is 16.5. The van der Waals surface area contributed by atoms with E-state index in [1.807, 2.05) is 13.8 Å². The maximum Gasteiger partial charge on any atom is 0.0724 e. The molecule has 0 aliphatic carbocycles. The van der Waals surface area contributed by atoms with Crippen LogP contribution < -0.4 is 5.32 Å². The summed E-state index contributed by atoms with van der Waals surface area (Å²) in [6, 6.07) is 0. The van der Waals surface area contributed by atoms with E-state index in [0.717, 1.165) is 37.7 Å². The van der Waals surface area contributed by atoms with Crippen molar-refractivity contribution in [2.45, 2.75) is 20.4 Å². The summed E-state index contributed by atoms with van der Waals surface area (Å²) in [4.78, 5) is 8.39. The summed E-state index contributed by atoms with van der Waals surface area (Å²) in [6.07, 6.45) is 3.57. The molecule has 4 heteroatoms. The average molecular weight is 195 g/mol. The third-order valence-electron chi connectivity index (χ3n) is 1.77. The van der Waals surface area contributed by atoms with Gasteiger partial charge in [-0.05, 0) is 13.8 Å². The Balaban J connectivity index is 2.15. The van der Waals surface area contributed by atoms with Crippen molar-refractivity contribution in [3.8, 4) is 0 Å². The van der Waals surface area contributed by atoms with Gasteiger partial charge in [-0.15, -0.1) is 0 Å². The molecule has 0 atom stereocenters. The van der Waals surface area contributed by atoms with E-state index >= 15 is 0 Å². The summed E-state index contributed by atoms with van der Waals surface area (Å²) in [5.41, 5.74) is 1.91. The number of aryl methyl sites for hydroxylation is 1. The minimum absolute atomic E-state index is 0.746. The SMILES string of the molecule is CCOCCNCc1cnc(C)cn1. The fraction of sp³-hybridized carbons (Fsp3) is 0.600. The van der Waals surface area contributed by atoms with Crippen molar-refractivity contribution >= 4 is 0 Å². The largest absolute Gasteiger partial charge is 0.380 e. The molecule has 78 valence electrons. The number of nitrogens with zero attached hydrogens (tertiary/aromatic N) is 2. The molecule has 0 saturated carbocycles. The maximum absolute atomic E-state index is 5.19. The lowest BCUT2D eigenvalue weighted by atomic mass is 10.4. The average Bonchev–Trinajstić information content (AvgIpc) is 2.21. The molecular formula is C10H17N3O. The van der Waals surface area contributed by atoms with Gasteiger partial charge in [-0.1, -0.05) is 0 Å². The first-order valence-corrected chi connectivity index (χ1v) is 4.89. The van der Waals surface area contributed by atoms with E-state index in [4.69, 9.17) is 4.74 Å². The molecule has 0 bridgehead atoms. The van der Waals surface area contributed by atoms with E-state index in [-0.39, 0.29) is 0 Å². The van der Waals surface area contributed by atoms with E-state index in [9.17, 15) is 0 Å². The Kier molecular flexibility index (Phi) is 5.11. The number of aromatic nitrogens is 2.